The summed E-state index contributed by atoms with van der Waals surface area (Å²) in [5, 5.41) is 9.51. The Morgan fingerprint density at radius 1 is 1.00 bits per heavy atom. The average molecular weight is 258 g/mol. The van der Waals surface area contributed by atoms with Crippen LogP contribution < -0.4 is 9.47 Å². The Morgan fingerprint density at radius 3 is 2.42 bits per heavy atom. The van der Waals surface area contributed by atoms with Crippen LogP contribution in [0.4, 0.5) is 0 Å². The van der Waals surface area contributed by atoms with Gasteiger partial charge in [-0.3, -0.25) is 4.79 Å². The van der Waals surface area contributed by atoms with Gasteiger partial charge in [0.25, 0.3) is 0 Å². The molecule has 1 N–H and O–H groups in total. The Hall–Kier alpha value is -2.49. The molecule has 4 nitrogen and oxygen atoms in total. The summed E-state index contributed by atoms with van der Waals surface area (Å²) >= 11 is 0. The Morgan fingerprint density at radius 2 is 1.74 bits per heavy atom. The molecule has 4 heteroatoms. The molecular formula is C15H14O4. The first-order chi connectivity index (χ1) is 9.15. The molecule has 0 amide bonds. The number of rotatable bonds is 4. The first-order valence-corrected chi connectivity index (χ1v) is 5.71. The molecule has 0 bridgehead atoms. The van der Waals surface area contributed by atoms with Crippen LogP contribution in [0, 0.1) is 0 Å². The van der Waals surface area contributed by atoms with E-state index in [9.17, 15) is 9.90 Å². The van der Waals surface area contributed by atoms with E-state index in [1.807, 2.05) is 0 Å². The van der Waals surface area contributed by atoms with Crippen molar-refractivity contribution in [2.45, 2.75) is 0 Å². The van der Waals surface area contributed by atoms with Crippen molar-refractivity contribution in [1.29, 1.82) is 0 Å². The number of methoxy groups -OCH3 is 2. The van der Waals surface area contributed by atoms with Gasteiger partial charge in [-0.25, -0.2) is 0 Å². The highest BCUT2D eigenvalue weighted by atomic mass is 16.5. The van der Waals surface area contributed by atoms with Crippen LogP contribution in [0.3, 0.4) is 0 Å². The molecule has 0 aromatic heterocycles. The number of ether oxygens (including phenoxy) is 2. The minimum atomic E-state index is -0.155. The van der Waals surface area contributed by atoms with Gasteiger partial charge in [-0.2, -0.15) is 0 Å². The van der Waals surface area contributed by atoms with E-state index in [1.54, 1.807) is 37.4 Å². The van der Waals surface area contributed by atoms with Crippen molar-refractivity contribution in [3.8, 4) is 17.2 Å². The van der Waals surface area contributed by atoms with Gasteiger partial charge in [-0.15, -0.1) is 0 Å². The van der Waals surface area contributed by atoms with E-state index in [4.69, 9.17) is 9.47 Å². The Bertz CT molecular complexity index is 605. The second-order valence-electron chi connectivity index (χ2n) is 3.95. The highest BCUT2D eigenvalue weighted by molar-refractivity contribution is 6.09. The molecule has 0 aliphatic carbocycles. The Labute approximate surface area is 111 Å². The summed E-state index contributed by atoms with van der Waals surface area (Å²) in [4.78, 5) is 12.3. The van der Waals surface area contributed by atoms with E-state index in [0.29, 0.717) is 16.9 Å². The van der Waals surface area contributed by atoms with Crippen LogP contribution >= 0.6 is 0 Å². The zero-order valence-corrected chi connectivity index (χ0v) is 10.7. The molecule has 0 unspecified atom stereocenters. The largest absolute Gasteiger partial charge is 0.504 e. The van der Waals surface area contributed by atoms with E-state index in [1.165, 1.54) is 19.2 Å². The van der Waals surface area contributed by atoms with E-state index in [-0.39, 0.29) is 17.3 Å². The van der Waals surface area contributed by atoms with Gasteiger partial charge in [0.1, 0.15) is 5.75 Å². The van der Waals surface area contributed by atoms with Crippen LogP contribution in [-0.2, 0) is 0 Å². The smallest absolute Gasteiger partial charge is 0.193 e. The van der Waals surface area contributed by atoms with Crippen LogP contribution in [0.25, 0.3) is 0 Å². The SMILES string of the molecule is COc1cccc(C(=O)c2ccc(O)c(OC)c2)c1. The number of carbonyl (C=O) groups excluding carboxylic acids is 1. The molecule has 0 fully saturated rings. The topological polar surface area (TPSA) is 55.8 Å². The summed E-state index contributed by atoms with van der Waals surface area (Å²) in [6.45, 7) is 0. The van der Waals surface area contributed by atoms with Gasteiger partial charge in [-0.1, -0.05) is 12.1 Å². The van der Waals surface area contributed by atoms with Gasteiger partial charge in [0.05, 0.1) is 14.2 Å². The molecule has 0 aliphatic heterocycles. The fraction of sp³-hybridized carbons (Fsp3) is 0.133. The minimum absolute atomic E-state index is 0.00434. The monoisotopic (exact) mass is 258 g/mol. The Kier molecular flexibility index (Phi) is 3.71. The van der Waals surface area contributed by atoms with Crippen LogP contribution in [0.2, 0.25) is 0 Å². The minimum Gasteiger partial charge on any atom is -0.504 e. The second kappa shape index (κ2) is 5.44. The maximum atomic E-state index is 12.3. The maximum absolute atomic E-state index is 12.3. The predicted octanol–water partition coefficient (Wildman–Crippen LogP) is 2.64. The van der Waals surface area contributed by atoms with Gasteiger partial charge in [0.15, 0.2) is 17.3 Å². The van der Waals surface area contributed by atoms with Gasteiger partial charge in [0.2, 0.25) is 0 Å². The predicted molar refractivity (Wildman–Crippen MR) is 71.1 cm³/mol. The molecule has 0 atom stereocenters. The zero-order chi connectivity index (χ0) is 13.8. The summed E-state index contributed by atoms with van der Waals surface area (Å²) in [6, 6.07) is 11.4. The van der Waals surface area contributed by atoms with Crippen LogP contribution in [0.1, 0.15) is 15.9 Å². The molecule has 2 aromatic carbocycles. The van der Waals surface area contributed by atoms with Gasteiger partial charge in [0, 0.05) is 11.1 Å². The third-order valence-electron chi connectivity index (χ3n) is 2.77. The van der Waals surface area contributed by atoms with Crippen molar-refractivity contribution < 1.29 is 19.4 Å². The summed E-state index contributed by atoms with van der Waals surface area (Å²) in [5.41, 5.74) is 0.968. The van der Waals surface area contributed by atoms with Crippen molar-refractivity contribution in [2.75, 3.05) is 14.2 Å². The van der Waals surface area contributed by atoms with Gasteiger partial charge in [-0.05, 0) is 30.3 Å². The quantitative estimate of drug-likeness (QED) is 0.856. The summed E-state index contributed by atoms with van der Waals surface area (Å²) in [7, 11) is 2.99. The number of ketones is 1. The molecular weight excluding hydrogens is 244 g/mol. The van der Waals surface area contributed by atoms with Crippen molar-refractivity contribution in [3.63, 3.8) is 0 Å². The first kappa shape index (κ1) is 13.0. The highest BCUT2D eigenvalue weighted by Gasteiger charge is 2.12. The number of aromatic hydroxyl groups is 1. The molecule has 2 rings (SSSR count). The number of hydrogen-bond acceptors (Lipinski definition) is 4. The summed E-state index contributed by atoms with van der Waals surface area (Å²) in [6.07, 6.45) is 0. The molecule has 19 heavy (non-hydrogen) atoms. The van der Waals surface area contributed by atoms with Crippen molar-refractivity contribution in [2.24, 2.45) is 0 Å². The van der Waals surface area contributed by atoms with E-state index < -0.39 is 0 Å². The van der Waals surface area contributed by atoms with Gasteiger partial charge < -0.3 is 14.6 Å². The number of phenolic OH excluding ortho intramolecular Hbond substituents is 1. The zero-order valence-electron chi connectivity index (χ0n) is 10.7. The van der Waals surface area contributed by atoms with E-state index >= 15 is 0 Å². The number of benzene rings is 2. The lowest BCUT2D eigenvalue weighted by atomic mass is 10.0. The maximum Gasteiger partial charge on any atom is 0.193 e. The second-order valence-corrected chi connectivity index (χ2v) is 3.95. The Balaban J connectivity index is 2.38. The standard InChI is InChI=1S/C15H14O4/c1-18-12-5-3-4-10(8-12)15(17)11-6-7-13(16)14(9-11)19-2/h3-9,16H,1-2H3. The first-order valence-electron chi connectivity index (χ1n) is 5.71. The molecule has 0 saturated heterocycles. The lowest BCUT2D eigenvalue weighted by Gasteiger charge is -2.07. The van der Waals surface area contributed by atoms with Crippen LogP contribution in [0.15, 0.2) is 42.5 Å². The van der Waals surface area contributed by atoms with E-state index in [2.05, 4.69) is 0 Å². The number of phenols is 1. The summed E-state index contributed by atoms with van der Waals surface area (Å²) < 4.78 is 10.1. The van der Waals surface area contributed by atoms with Crippen LogP contribution in [-0.4, -0.2) is 25.1 Å². The summed E-state index contributed by atoms with van der Waals surface area (Å²) in [5.74, 6) is 0.743. The normalized spacial score (nSPS) is 10.0. The fourth-order valence-electron chi connectivity index (χ4n) is 1.75. The molecule has 0 aliphatic rings. The van der Waals surface area contributed by atoms with Crippen molar-refractivity contribution in [1.82, 2.24) is 0 Å². The number of hydrogen-bond donors (Lipinski definition) is 1. The third-order valence-corrected chi connectivity index (χ3v) is 2.77. The third kappa shape index (κ3) is 2.68. The van der Waals surface area contributed by atoms with Crippen molar-refractivity contribution in [3.05, 3.63) is 53.6 Å². The fourth-order valence-corrected chi connectivity index (χ4v) is 1.75. The van der Waals surface area contributed by atoms with Crippen LogP contribution in [0.5, 0.6) is 17.2 Å². The molecule has 0 saturated carbocycles. The molecule has 2 aromatic rings. The molecule has 0 spiro atoms. The van der Waals surface area contributed by atoms with Crippen molar-refractivity contribution >= 4 is 5.78 Å². The van der Waals surface area contributed by atoms with E-state index in [0.717, 1.165) is 0 Å². The van der Waals surface area contributed by atoms with Gasteiger partial charge >= 0.3 is 0 Å². The lowest BCUT2D eigenvalue weighted by molar-refractivity contribution is 0.103. The average Bonchev–Trinajstić information content (AvgIpc) is 2.47. The molecule has 0 heterocycles. The lowest BCUT2D eigenvalue weighted by Crippen LogP contribution is -2.02. The molecule has 0 radical (unpaired) electrons. The highest BCUT2D eigenvalue weighted by Crippen LogP contribution is 2.27. The number of carbonyl (C=O) groups is 1. The molecule has 98 valence electrons.